The van der Waals surface area contributed by atoms with Crippen LogP contribution in [0.3, 0.4) is 0 Å². The van der Waals surface area contributed by atoms with Gasteiger partial charge in [0.05, 0.1) is 0 Å². The number of hydrogen-bond acceptors (Lipinski definition) is 1. The molecule has 2 rings (SSSR count). The maximum Gasteiger partial charge on any atom is 0.0362 e. The van der Waals surface area contributed by atoms with Crippen molar-refractivity contribution >= 4 is 0 Å². The topological polar surface area (TPSA) is 17.0 Å². The van der Waals surface area contributed by atoms with Crippen molar-refractivity contribution in [2.45, 2.75) is 20.0 Å². The molecule has 1 aromatic heterocycles. The van der Waals surface area contributed by atoms with Gasteiger partial charge in [-0.05, 0) is 30.2 Å². The van der Waals surface area contributed by atoms with Crippen molar-refractivity contribution in [2.75, 3.05) is 0 Å². The molecule has 84 valence electrons. The van der Waals surface area contributed by atoms with Crippen LogP contribution in [0.2, 0.25) is 0 Å². The summed E-state index contributed by atoms with van der Waals surface area (Å²) >= 11 is 0. The highest BCUT2D eigenvalue weighted by Crippen LogP contribution is 2.07. The molecule has 0 saturated heterocycles. The second kappa shape index (κ2) is 4.99. The van der Waals surface area contributed by atoms with E-state index in [0.717, 1.165) is 13.1 Å². The van der Waals surface area contributed by atoms with E-state index in [1.807, 2.05) is 0 Å². The van der Waals surface area contributed by atoms with Gasteiger partial charge in [-0.25, -0.2) is 0 Å². The molecule has 0 bridgehead atoms. The minimum absolute atomic E-state index is 0.915. The van der Waals surface area contributed by atoms with Gasteiger partial charge >= 0.3 is 0 Å². The van der Waals surface area contributed by atoms with Crippen LogP contribution in [0, 0.1) is 6.92 Å². The number of nitrogens with zero attached hydrogens (tertiary/aromatic N) is 1. The van der Waals surface area contributed by atoms with E-state index in [1.54, 1.807) is 0 Å². The number of nitrogens with one attached hydrogen (secondary N) is 1. The van der Waals surface area contributed by atoms with Gasteiger partial charge in [-0.3, -0.25) is 0 Å². The summed E-state index contributed by atoms with van der Waals surface area (Å²) in [5, 5.41) is 3.46. The summed E-state index contributed by atoms with van der Waals surface area (Å²) in [6.07, 6.45) is 2.07. The molecule has 1 aromatic carbocycles. The quantitative estimate of drug-likeness (QED) is 0.828. The van der Waals surface area contributed by atoms with Crippen LogP contribution in [0.1, 0.15) is 16.8 Å². The van der Waals surface area contributed by atoms with Gasteiger partial charge in [-0.1, -0.05) is 24.3 Å². The third kappa shape index (κ3) is 2.52. The Morgan fingerprint density at radius 3 is 2.56 bits per heavy atom. The van der Waals surface area contributed by atoms with Gasteiger partial charge in [0, 0.05) is 32.0 Å². The van der Waals surface area contributed by atoms with Gasteiger partial charge in [0.2, 0.25) is 0 Å². The molecule has 2 heteroatoms. The van der Waals surface area contributed by atoms with E-state index in [-0.39, 0.29) is 0 Å². The standard InChI is InChI=1S/C14H18N2/c1-12-6-3-4-7-13(12)10-15-11-14-8-5-9-16(14)2/h3-9,15H,10-11H2,1-2H3. The van der Waals surface area contributed by atoms with Crippen molar-refractivity contribution in [1.29, 1.82) is 0 Å². The van der Waals surface area contributed by atoms with E-state index in [0.29, 0.717) is 0 Å². The Morgan fingerprint density at radius 1 is 1.06 bits per heavy atom. The molecule has 0 aliphatic rings. The normalized spacial score (nSPS) is 10.6. The van der Waals surface area contributed by atoms with E-state index in [2.05, 4.69) is 66.5 Å². The Kier molecular flexibility index (Phi) is 3.42. The first kappa shape index (κ1) is 11.0. The SMILES string of the molecule is Cc1ccccc1CNCc1cccn1C. The van der Waals surface area contributed by atoms with E-state index in [9.17, 15) is 0 Å². The minimum Gasteiger partial charge on any atom is -0.353 e. The van der Waals surface area contributed by atoms with Crippen LogP contribution in [0.25, 0.3) is 0 Å². The number of benzene rings is 1. The summed E-state index contributed by atoms with van der Waals surface area (Å²) in [5.74, 6) is 0. The van der Waals surface area contributed by atoms with Crippen molar-refractivity contribution in [1.82, 2.24) is 9.88 Å². The molecule has 16 heavy (non-hydrogen) atoms. The molecule has 0 saturated carbocycles. The first-order valence-corrected chi connectivity index (χ1v) is 5.63. The molecule has 0 radical (unpaired) electrons. The lowest BCUT2D eigenvalue weighted by molar-refractivity contribution is 0.653. The Labute approximate surface area is 96.9 Å². The van der Waals surface area contributed by atoms with Crippen molar-refractivity contribution in [3.05, 3.63) is 59.4 Å². The summed E-state index contributed by atoms with van der Waals surface area (Å²) < 4.78 is 2.14. The van der Waals surface area contributed by atoms with Gasteiger partial charge in [-0.2, -0.15) is 0 Å². The monoisotopic (exact) mass is 214 g/mol. The molecule has 0 spiro atoms. The van der Waals surface area contributed by atoms with Crippen molar-refractivity contribution < 1.29 is 0 Å². The van der Waals surface area contributed by atoms with Crippen LogP contribution in [-0.2, 0) is 20.1 Å². The lowest BCUT2D eigenvalue weighted by Gasteiger charge is -2.08. The molecule has 1 heterocycles. The molecule has 2 aromatic rings. The molecule has 2 nitrogen and oxygen atoms in total. The molecular weight excluding hydrogens is 196 g/mol. The van der Waals surface area contributed by atoms with Crippen LogP contribution in [0.4, 0.5) is 0 Å². The summed E-state index contributed by atoms with van der Waals surface area (Å²) in [7, 11) is 2.07. The second-order valence-electron chi connectivity index (χ2n) is 4.14. The van der Waals surface area contributed by atoms with Crippen molar-refractivity contribution in [2.24, 2.45) is 7.05 Å². The Bertz CT molecular complexity index is 457. The molecule has 0 aliphatic carbocycles. The zero-order chi connectivity index (χ0) is 11.4. The predicted octanol–water partition coefficient (Wildman–Crippen LogP) is 2.62. The highest BCUT2D eigenvalue weighted by atomic mass is 15.0. The summed E-state index contributed by atoms with van der Waals surface area (Å²) in [6.45, 7) is 4.00. The van der Waals surface area contributed by atoms with E-state index in [4.69, 9.17) is 0 Å². The van der Waals surface area contributed by atoms with Gasteiger partial charge in [0.15, 0.2) is 0 Å². The minimum atomic E-state index is 0.915. The van der Waals surface area contributed by atoms with E-state index >= 15 is 0 Å². The molecule has 0 aliphatic heterocycles. The molecule has 0 atom stereocenters. The number of aryl methyl sites for hydroxylation is 2. The Hall–Kier alpha value is -1.54. The molecule has 0 unspecified atom stereocenters. The van der Waals surface area contributed by atoms with Gasteiger partial charge in [0.25, 0.3) is 0 Å². The highest BCUT2D eigenvalue weighted by molar-refractivity contribution is 5.25. The van der Waals surface area contributed by atoms with Crippen LogP contribution < -0.4 is 5.32 Å². The summed E-state index contributed by atoms with van der Waals surface area (Å²) in [5.41, 5.74) is 4.03. The first-order chi connectivity index (χ1) is 7.77. The number of hydrogen-bond donors (Lipinski definition) is 1. The van der Waals surface area contributed by atoms with Crippen LogP contribution in [-0.4, -0.2) is 4.57 Å². The molecular formula is C14H18N2. The van der Waals surface area contributed by atoms with Crippen molar-refractivity contribution in [3.8, 4) is 0 Å². The summed E-state index contributed by atoms with van der Waals surface area (Å²) in [6, 6.07) is 12.7. The maximum absolute atomic E-state index is 3.46. The van der Waals surface area contributed by atoms with Crippen LogP contribution >= 0.6 is 0 Å². The number of aromatic nitrogens is 1. The molecule has 0 fully saturated rings. The largest absolute Gasteiger partial charge is 0.353 e. The fourth-order valence-corrected chi connectivity index (χ4v) is 1.81. The van der Waals surface area contributed by atoms with Crippen molar-refractivity contribution in [3.63, 3.8) is 0 Å². The third-order valence-corrected chi connectivity index (χ3v) is 2.93. The maximum atomic E-state index is 3.46. The lowest BCUT2D eigenvalue weighted by atomic mass is 10.1. The zero-order valence-corrected chi connectivity index (χ0v) is 9.90. The average Bonchev–Trinajstić information content (AvgIpc) is 2.67. The third-order valence-electron chi connectivity index (χ3n) is 2.93. The molecule has 0 amide bonds. The van der Waals surface area contributed by atoms with Gasteiger partial charge in [-0.15, -0.1) is 0 Å². The van der Waals surface area contributed by atoms with Gasteiger partial charge < -0.3 is 9.88 Å². The fraction of sp³-hybridized carbons (Fsp3) is 0.286. The smallest absolute Gasteiger partial charge is 0.0362 e. The lowest BCUT2D eigenvalue weighted by Crippen LogP contribution is -2.15. The van der Waals surface area contributed by atoms with E-state index in [1.165, 1.54) is 16.8 Å². The van der Waals surface area contributed by atoms with E-state index < -0.39 is 0 Å². The van der Waals surface area contributed by atoms with Crippen LogP contribution in [0.5, 0.6) is 0 Å². The average molecular weight is 214 g/mol. The second-order valence-corrected chi connectivity index (χ2v) is 4.14. The zero-order valence-electron chi connectivity index (χ0n) is 9.90. The van der Waals surface area contributed by atoms with Gasteiger partial charge in [0.1, 0.15) is 0 Å². The first-order valence-electron chi connectivity index (χ1n) is 5.63. The number of rotatable bonds is 4. The summed E-state index contributed by atoms with van der Waals surface area (Å²) in [4.78, 5) is 0. The highest BCUT2D eigenvalue weighted by Gasteiger charge is 1.98. The van der Waals surface area contributed by atoms with Crippen LogP contribution in [0.15, 0.2) is 42.6 Å². The predicted molar refractivity (Wildman–Crippen MR) is 67.1 cm³/mol. The Balaban J connectivity index is 1.89. The molecule has 1 N–H and O–H groups in total. The fourth-order valence-electron chi connectivity index (χ4n) is 1.81. The Morgan fingerprint density at radius 2 is 1.88 bits per heavy atom.